The molecule has 0 aliphatic carbocycles. The molecule has 128 valence electrons. The van der Waals surface area contributed by atoms with Crippen LogP contribution >= 0.6 is 0 Å². The van der Waals surface area contributed by atoms with Crippen molar-refractivity contribution >= 4 is 11.7 Å². The van der Waals surface area contributed by atoms with E-state index in [9.17, 15) is 4.79 Å². The number of hydrogen-bond donors (Lipinski definition) is 1. The highest BCUT2D eigenvalue weighted by atomic mass is 16.5. The van der Waals surface area contributed by atoms with E-state index >= 15 is 0 Å². The first-order valence-corrected chi connectivity index (χ1v) is 8.29. The topological polar surface area (TPSA) is 78.2 Å². The largest absolute Gasteiger partial charge is 0.378 e. The number of nitriles is 1. The molecule has 6 heteroatoms. The number of pyridine rings is 1. The third-order valence-corrected chi connectivity index (χ3v) is 4.12. The number of amides is 1. The number of carbonyl (C=O) groups is 1. The number of benzene rings is 1. The average Bonchev–Trinajstić information content (AvgIpc) is 2.69. The lowest BCUT2D eigenvalue weighted by atomic mass is 10.0. The zero-order chi connectivity index (χ0) is 17.5. The van der Waals surface area contributed by atoms with E-state index in [0.29, 0.717) is 44.1 Å². The van der Waals surface area contributed by atoms with Crippen LogP contribution < -0.4 is 5.32 Å². The van der Waals surface area contributed by atoms with Gasteiger partial charge in [-0.15, -0.1) is 0 Å². The minimum Gasteiger partial charge on any atom is -0.378 e. The van der Waals surface area contributed by atoms with Crippen LogP contribution in [-0.2, 0) is 16.0 Å². The second-order valence-corrected chi connectivity index (χ2v) is 5.87. The number of nitrogens with zero attached hydrogens (tertiary/aromatic N) is 3. The first-order valence-electron chi connectivity index (χ1n) is 8.29. The van der Waals surface area contributed by atoms with Crippen molar-refractivity contribution < 1.29 is 9.53 Å². The van der Waals surface area contributed by atoms with E-state index in [4.69, 9.17) is 10.00 Å². The van der Waals surface area contributed by atoms with Gasteiger partial charge in [-0.05, 0) is 17.7 Å². The molecule has 0 bridgehead atoms. The zero-order valence-electron chi connectivity index (χ0n) is 13.9. The standard InChI is InChI=1S/C19H20N4O2/c20-13-16-6-7-18(21-14-16)22-17(12-15-4-2-1-3-5-15)19(24)23-8-10-25-11-9-23/h1-7,14,17H,8-12H2,(H,21,22). The van der Waals surface area contributed by atoms with Gasteiger partial charge < -0.3 is 15.0 Å². The van der Waals surface area contributed by atoms with Gasteiger partial charge in [-0.1, -0.05) is 30.3 Å². The number of morpholine rings is 1. The molecule has 1 aromatic heterocycles. The maximum absolute atomic E-state index is 13.0. The lowest BCUT2D eigenvalue weighted by Gasteiger charge is -2.31. The van der Waals surface area contributed by atoms with Crippen molar-refractivity contribution in [3.63, 3.8) is 0 Å². The summed E-state index contributed by atoms with van der Waals surface area (Å²) in [6, 6.07) is 14.9. The minimum absolute atomic E-state index is 0.0401. The maximum Gasteiger partial charge on any atom is 0.245 e. The van der Waals surface area contributed by atoms with Crippen molar-refractivity contribution in [3.05, 3.63) is 59.8 Å². The Hall–Kier alpha value is -2.91. The van der Waals surface area contributed by atoms with Crippen LogP contribution in [0.5, 0.6) is 0 Å². The number of anilines is 1. The second kappa shape index (κ2) is 8.27. The van der Waals surface area contributed by atoms with Crippen molar-refractivity contribution in [2.45, 2.75) is 12.5 Å². The van der Waals surface area contributed by atoms with E-state index < -0.39 is 6.04 Å². The molecule has 25 heavy (non-hydrogen) atoms. The molecule has 1 unspecified atom stereocenters. The number of carbonyl (C=O) groups excluding carboxylic acids is 1. The van der Waals surface area contributed by atoms with Crippen molar-refractivity contribution in [2.24, 2.45) is 0 Å². The molecule has 2 heterocycles. The summed E-state index contributed by atoms with van der Waals surface area (Å²) in [7, 11) is 0. The number of ether oxygens (including phenoxy) is 1. The first kappa shape index (κ1) is 16.9. The van der Waals surface area contributed by atoms with Gasteiger partial charge in [0.1, 0.15) is 17.9 Å². The van der Waals surface area contributed by atoms with Crippen LogP contribution in [0.25, 0.3) is 0 Å². The number of hydrogen-bond acceptors (Lipinski definition) is 5. The van der Waals surface area contributed by atoms with Gasteiger partial charge in [-0.25, -0.2) is 4.98 Å². The van der Waals surface area contributed by atoms with Gasteiger partial charge in [-0.2, -0.15) is 5.26 Å². The Labute approximate surface area is 147 Å². The fraction of sp³-hybridized carbons (Fsp3) is 0.316. The van der Waals surface area contributed by atoms with Crippen molar-refractivity contribution in [1.82, 2.24) is 9.88 Å². The van der Waals surface area contributed by atoms with Crippen LogP contribution in [0.2, 0.25) is 0 Å². The van der Waals surface area contributed by atoms with E-state index in [2.05, 4.69) is 10.3 Å². The Morgan fingerprint density at radius 3 is 2.64 bits per heavy atom. The predicted molar refractivity (Wildman–Crippen MR) is 93.9 cm³/mol. The molecule has 1 aliphatic rings. The molecule has 0 saturated carbocycles. The molecular formula is C19H20N4O2. The van der Waals surface area contributed by atoms with Crippen LogP contribution in [-0.4, -0.2) is 48.1 Å². The van der Waals surface area contributed by atoms with E-state index in [1.807, 2.05) is 41.3 Å². The highest BCUT2D eigenvalue weighted by molar-refractivity contribution is 5.85. The summed E-state index contributed by atoms with van der Waals surface area (Å²) in [5.74, 6) is 0.625. The Bertz CT molecular complexity index is 734. The quantitative estimate of drug-likeness (QED) is 0.901. The Balaban J connectivity index is 1.77. The van der Waals surface area contributed by atoms with E-state index in [0.717, 1.165) is 5.56 Å². The van der Waals surface area contributed by atoms with Gasteiger partial charge in [0, 0.05) is 25.7 Å². The van der Waals surface area contributed by atoms with Gasteiger partial charge in [0.25, 0.3) is 0 Å². The lowest BCUT2D eigenvalue weighted by molar-refractivity contribution is -0.136. The zero-order valence-corrected chi connectivity index (χ0v) is 13.9. The third-order valence-electron chi connectivity index (χ3n) is 4.12. The Morgan fingerprint density at radius 2 is 2.00 bits per heavy atom. The fourth-order valence-corrected chi connectivity index (χ4v) is 2.78. The molecule has 1 fully saturated rings. The molecule has 2 aromatic rings. The predicted octanol–water partition coefficient (Wildman–Crippen LogP) is 1.84. The van der Waals surface area contributed by atoms with E-state index in [-0.39, 0.29) is 5.91 Å². The molecule has 1 aliphatic heterocycles. The van der Waals surface area contributed by atoms with Crippen LogP contribution in [0, 0.1) is 11.3 Å². The van der Waals surface area contributed by atoms with Crippen molar-refractivity contribution in [2.75, 3.05) is 31.6 Å². The van der Waals surface area contributed by atoms with Gasteiger partial charge in [0.15, 0.2) is 0 Å². The molecule has 1 N–H and O–H groups in total. The molecular weight excluding hydrogens is 316 g/mol. The van der Waals surface area contributed by atoms with Crippen LogP contribution in [0.3, 0.4) is 0 Å². The Morgan fingerprint density at radius 1 is 1.24 bits per heavy atom. The molecule has 3 rings (SSSR count). The molecule has 0 radical (unpaired) electrons. The second-order valence-electron chi connectivity index (χ2n) is 5.87. The first-order chi connectivity index (χ1) is 12.3. The molecule has 1 amide bonds. The number of aromatic nitrogens is 1. The third kappa shape index (κ3) is 4.55. The molecule has 1 atom stereocenters. The summed E-state index contributed by atoms with van der Waals surface area (Å²) in [5.41, 5.74) is 1.57. The normalized spacial score (nSPS) is 15.2. The molecule has 1 saturated heterocycles. The molecule has 1 aromatic carbocycles. The van der Waals surface area contributed by atoms with Gasteiger partial charge in [0.05, 0.1) is 18.8 Å². The van der Waals surface area contributed by atoms with Crippen LogP contribution in [0.1, 0.15) is 11.1 Å². The minimum atomic E-state index is -0.416. The van der Waals surface area contributed by atoms with Gasteiger partial charge in [-0.3, -0.25) is 4.79 Å². The van der Waals surface area contributed by atoms with Gasteiger partial charge in [0.2, 0.25) is 5.91 Å². The van der Waals surface area contributed by atoms with Crippen LogP contribution in [0.15, 0.2) is 48.7 Å². The molecule has 6 nitrogen and oxygen atoms in total. The average molecular weight is 336 g/mol. The summed E-state index contributed by atoms with van der Waals surface area (Å²) < 4.78 is 5.33. The highest BCUT2D eigenvalue weighted by Gasteiger charge is 2.26. The van der Waals surface area contributed by atoms with Gasteiger partial charge >= 0.3 is 0 Å². The summed E-state index contributed by atoms with van der Waals surface area (Å²) >= 11 is 0. The lowest BCUT2D eigenvalue weighted by Crippen LogP contribution is -2.48. The Kier molecular flexibility index (Phi) is 5.60. The SMILES string of the molecule is N#Cc1ccc(NC(Cc2ccccc2)C(=O)N2CCOCC2)nc1. The maximum atomic E-state index is 13.0. The van der Waals surface area contributed by atoms with Crippen LogP contribution in [0.4, 0.5) is 5.82 Å². The van der Waals surface area contributed by atoms with E-state index in [1.54, 1.807) is 12.1 Å². The van der Waals surface area contributed by atoms with Crippen molar-refractivity contribution in [1.29, 1.82) is 5.26 Å². The summed E-state index contributed by atoms with van der Waals surface area (Å²) in [6.45, 7) is 2.34. The summed E-state index contributed by atoms with van der Waals surface area (Å²) in [5, 5.41) is 12.1. The number of nitrogens with one attached hydrogen (secondary N) is 1. The highest BCUT2D eigenvalue weighted by Crippen LogP contribution is 2.13. The monoisotopic (exact) mass is 336 g/mol. The fourth-order valence-electron chi connectivity index (χ4n) is 2.78. The van der Waals surface area contributed by atoms with Crippen molar-refractivity contribution in [3.8, 4) is 6.07 Å². The molecule has 0 spiro atoms. The number of rotatable bonds is 5. The smallest absolute Gasteiger partial charge is 0.245 e. The van der Waals surface area contributed by atoms with E-state index in [1.165, 1.54) is 6.20 Å². The summed E-state index contributed by atoms with van der Waals surface area (Å²) in [4.78, 5) is 19.0. The summed E-state index contributed by atoms with van der Waals surface area (Å²) in [6.07, 6.45) is 2.07.